The van der Waals surface area contributed by atoms with Crippen LogP contribution >= 0.6 is 0 Å². The van der Waals surface area contributed by atoms with Crippen molar-refractivity contribution in [1.29, 1.82) is 0 Å². The number of hydrogen-bond donors (Lipinski definition) is 1. The molecule has 1 heterocycles. The average Bonchev–Trinajstić information content (AvgIpc) is 3.50. The van der Waals surface area contributed by atoms with Gasteiger partial charge in [-0.1, -0.05) is 12.1 Å². The summed E-state index contributed by atoms with van der Waals surface area (Å²) in [5, 5.41) is 2.89. The lowest BCUT2D eigenvalue weighted by Crippen LogP contribution is -2.36. The lowest BCUT2D eigenvalue weighted by molar-refractivity contribution is -0.120. The monoisotopic (exact) mass is 364 g/mol. The van der Waals surface area contributed by atoms with Crippen LogP contribution in [0.25, 0.3) is 0 Å². The average molecular weight is 364 g/mol. The smallest absolute Gasteiger partial charge is 0.262 e. The number of carbonyl (C=O) groups is 2. The third-order valence-electron chi connectivity index (χ3n) is 5.03. The highest BCUT2D eigenvalue weighted by atomic mass is 16.5. The topological polar surface area (TPSA) is 58.6 Å². The number of amides is 2. The van der Waals surface area contributed by atoms with E-state index >= 15 is 0 Å². The van der Waals surface area contributed by atoms with Gasteiger partial charge in [-0.15, -0.1) is 0 Å². The maximum Gasteiger partial charge on any atom is 0.262 e. The molecule has 0 atom stereocenters. The third-order valence-corrected chi connectivity index (χ3v) is 5.03. The second-order valence-corrected chi connectivity index (χ2v) is 7.36. The minimum absolute atomic E-state index is 0.0349. The van der Waals surface area contributed by atoms with Crippen LogP contribution in [-0.2, 0) is 16.0 Å². The molecule has 0 bridgehead atoms. The van der Waals surface area contributed by atoms with Crippen molar-refractivity contribution < 1.29 is 14.3 Å². The molecule has 0 radical (unpaired) electrons. The van der Waals surface area contributed by atoms with Gasteiger partial charge in [0.05, 0.1) is 0 Å². The zero-order chi connectivity index (χ0) is 18.8. The molecule has 1 fully saturated rings. The van der Waals surface area contributed by atoms with Crippen molar-refractivity contribution in [2.75, 3.05) is 23.4 Å². The Labute approximate surface area is 159 Å². The van der Waals surface area contributed by atoms with Gasteiger partial charge in [-0.3, -0.25) is 9.59 Å². The molecule has 5 nitrogen and oxygen atoms in total. The zero-order valence-corrected chi connectivity index (χ0v) is 15.5. The molecule has 0 spiro atoms. The van der Waals surface area contributed by atoms with Crippen LogP contribution in [0.15, 0.2) is 42.5 Å². The molecule has 1 saturated carbocycles. The number of fused-ring (bicyclic) bond motifs is 1. The Kier molecular flexibility index (Phi) is 4.84. The highest BCUT2D eigenvalue weighted by Gasteiger charge is 2.35. The van der Waals surface area contributed by atoms with Crippen LogP contribution in [0.3, 0.4) is 0 Å². The van der Waals surface area contributed by atoms with Crippen molar-refractivity contribution in [2.45, 2.75) is 32.6 Å². The lowest BCUT2D eigenvalue weighted by atomic mass is 10.0. The van der Waals surface area contributed by atoms with Crippen molar-refractivity contribution in [2.24, 2.45) is 5.92 Å². The van der Waals surface area contributed by atoms with Crippen molar-refractivity contribution >= 4 is 23.2 Å². The first-order chi connectivity index (χ1) is 13.1. The van der Waals surface area contributed by atoms with Gasteiger partial charge in [0.2, 0.25) is 5.91 Å². The minimum Gasteiger partial charge on any atom is -0.484 e. The summed E-state index contributed by atoms with van der Waals surface area (Å²) < 4.78 is 5.55. The number of carbonyl (C=O) groups excluding carboxylic acids is 2. The van der Waals surface area contributed by atoms with Crippen LogP contribution in [0, 0.1) is 12.8 Å². The van der Waals surface area contributed by atoms with Gasteiger partial charge in [0.25, 0.3) is 5.91 Å². The molecule has 2 aromatic rings. The fourth-order valence-electron chi connectivity index (χ4n) is 3.51. The molecule has 0 unspecified atom stereocenters. The molecule has 1 N–H and O–H groups in total. The first-order valence-corrected chi connectivity index (χ1v) is 9.54. The molecule has 140 valence electrons. The van der Waals surface area contributed by atoms with E-state index in [4.69, 9.17) is 4.74 Å². The molecule has 1 aliphatic heterocycles. The summed E-state index contributed by atoms with van der Waals surface area (Å²) in [6.07, 6.45) is 3.91. The fourth-order valence-corrected chi connectivity index (χ4v) is 3.51. The van der Waals surface area contributed by atoms with Crippen molar-refractivity contribution in [3.8, 4) is 5.75 Å². The van der Waals surface area contributed by atoms with Gasteiger partial charge < -0.3 is 15.0 Å². The highest BCUT2D eigenvalue weighted by Crippen LogP contribution is 2.36. The summed E-state index contributed by atoms with van der Waals surface area (Å²) in [6.45, 7) is 2.74. The largest absolute Gasteiger partial charge is 0.484 e. The number of nitrogens with one attached hydrogen (secondary N) is 1. The predicted octanol–water partition coefficient (Wildman–Crippen LogP) is 3.70. The zero-order valence-electron chi connectivity index (χ0n) is 15.5. The van der Waals surface area contributed by atoms with Crippen LogP contribution in [0.4, 0.5) is 11.4 Å². The Hall–Kier alpha value is -2.82. The van der Waals surface area contributed by atoms with E-state index in [1.54, 1.807) is 0 Å². The fraction of sp³-hybridized carbons (Fsp3) is 0.364. The van der Waals surface area contributed by atoms with Crippen LogP contribution in [-0.4, -0.2) is 25.0 Å². The van der Waals surface area contributed by atoms with Crippen molar-refractivity contribution in [3.63, 3.8) is 0 Å². The van der Waals surface area contributed by atoms with Gasteiger partial charge in [-0.05, 0) is 74.1 Å². The standard InChI is InChI=1S/C22H24N2O3/c1-15-4-2-6-19(12-15)27-14-21(25)23-18-9-10-20-17(13-18)5-3-11-24(20)22(26)16-7-8-16/h2,4,6,9-10,12-13,16H,3,5,7-8,11,14H2,1H3,(H,23,25). The highest BCUT2D eigenvalue weighted by molar-refractivity contribution is 5.98. The summed E-state index contributed by atoms with van der Waals surface area (Å²) >= 11 is 0. The normalized spacial score (nSPS) is 15.8. The predicted molar refractivity (Wildman–Crippen MR) is 105 cm³/mol. The Bertz CT molecular complexity index is 874. The maximum atomic E-state index is 12.5. The van der Waals surface area contributed by atoms with Gasteiger partial charge in [-0.25, -0.2) is 0 Å². The molecule has 1 aliphatic carbocycles. The number of ether oxygens (including phenoxy) is 1. The summed E-state index contributed by atoms with van der Waals surface area (Å²) in [5.74, 6) is 0.955. The van der Waals surface area contributed by atoms with Crippen LogP contribution in [0.1, 0.15) is 30.4 Å². The molecule has 2 aromatic carbocycles. The molecular formula is C22H24N2O3. The van der Waals surface area contributed by atoms with Crippen molar-refractivity contribution in [3.05, 3.63) is 53.6 Å². The second-order valence-electron chi connectivity index (χ2n) is 7.36. The number of aryl methyl sites for hydroxylation is 2. The number of rotatable bonds is 5. The Morgan fingerprint density at radius 1 is 1.19 bits per heavy atom. The van der Waals surface area contributed by atoms with E-state index in [0.717, 1.165) is 54.7 Å². The van der Waals surface area contributed by atoms with E-state index in [0.29, 0.717) is 5.75 Å². The minimum atomic E-state index is -0.196. The van der Waals surface area contributed by atoms with E-state index in [9.17, 15) is 9.59 Å². The van der Waals surface area contributed by atoms with Crippen LogP contribution in [0.5, 0.6) is 5.75 Å². The summed E-state index contributed by atoms with van der Waals surface area (Å²) in [6, 6.07) is 13.4. The Morgan fingerprint density at radius 3 is 2.81 bits per heavy atom. The molecule has 0 saturated heterocycles. The van der Waals surface area contributed by atoms with E-state index in [-0.39, 0.29) is 24.3 Å². The van der Waals surface area contributed by atoms with Crippen molar-refractivity contribution in [1.82, 2.24) is 0 Å². The molecule has 2 amide bonds. The summed E-state index contributed by atoms with van der Waals surface area (Å²) in [7, 11) is 0. The Balaban J connectivity index is 1.39. The van der Waals surface area contributed by atoms with Gasteiger partial charge in [0.15, 0.2) is 6.61 Å². The van der Waals surface area contributed by atoms with E-state index in [1.807, 2.05) is 54.3 Å². The van der Waals surface area contributed by atoms with E-state index < -0.39 is 0 Å². The molecule has 0 aromatic heterocycles. The van der Waals surface area contributed by atoms with E-state index in [1.165, 1.54) is 0 Å². The SMILES string of the molecule is Cc1cccc(OCC(=O)Nc2ccc3c(c2)CCCN3C(=O)C2CC2)c1. The third kappa shape index (κ3) is 4.13. The Morgan fingerprint density at radius 2 is 2.04 bits per heavy atom. The summed E-state index contributed by atoms with van der Waals surface area (Å²) in [5.41, 5.74) is 3.94. The lowest BCUT2D eigenvalue weighted by Gasteiger charge is -2.30. The van der Waals surface area contributed by atoms with Gasteiger partial charge in [0.1, 0.15) is 5.75 Å². The quantitative estimate of drug-likeness (QED) is 0.880. The molecular weight excluding hydrogens is 340 g/mol. The van der Waals surface area contributed by atoms with Gasteiger partial charge in [-0.2, -0.15) is 0 Å². The molecule has 27 heavy (non-hydrogen) atoms. The number of hydrogen-bond acceptors (Lipinski definition) is 3. The number of anilines is 2. The van der Waals surface area contributed by atoms with Crippen LogP contribution in [0.2, 0.25) is 0 Å². The molecule has 4 rings (SSSR count). The van der Waals surface area contributed by atoms with Crippen LogP contribution < -0.4 is 15.0 Å². The van der Waals surface area contributed by atoms with Gasteiger partial charge in [0, 0.05) is 23.8 Å². The first kappa shape index (κ1) is 17.6. The van der Waals surface area contributed by atoms with E-state index in [2.05, 4.69) is 5.32 Å². The molecule has 2 aliphatic rings. The van der Waals surface area contributed by atoms with Gasteiger partial charge >= 0.3 is 0 Å². The molecule has 5 heteroatoms. The summed E-state index contributed by atoms with van der Waals surface area (Å²) in [4.78, 5) is 26.6. The number of benzene rings is 2. The maximum absolute atomic E-state index is 12.5. The second kappa shape index (κ2) is 7.43. The first-order valence-electron chi connectivity index (χ1n) is 9.54. The number of nitrogens with zero attached hydrogens (tertiary/aromatic N) is 1.